The molecule has 0 bridgehead atoms. The predicted molar refractivity (Wildman–Crippen MR) is 58.0 cm³/mol. The fourth-order valence-electron chi connectivity index (χ4n) is 0.537. The lowest BCUT2D eigenvalue weighted by Gasteiger charge is -2.37. The SMILES string of the molecule is CCO/C=C\[B]OC(C)(C)C(C)(C)O. The minimum atomic E-state index is -0.886. The van der Waals surface area contributed by atoms with Crippen LogP contribution in [0.3, 0.4) is 0 Å². The first-order chi connectivity index (χ1) is 6.31. The van der Waals surface area contributed by atoms with E-state index in [1.165, 1.54) is 7.48 Å². The van der Waals surface area contributed by atoms with Crippen molar-refractivity contribution in [3.63, 3.8) is 0 Å². The number of rotatable bonds is 6. The van der Waals surface area contributed by atoms with E-state index in [9.17, 15) is 5.11 Å². The average Bonchev–Trinajstić information content (AvgIpc) is 2.02. The summed E-state index contributed by atoms with van der Waals surface area (Å²) in [5.41, 5.74) is -1.51. The topological polar surface area (TPSA) is 38.7 Å². The zero-order valence-corrected chi connectivity index (χ0v) is 9.70. The fraction of sp³-hybridized carbons (Fsp3) is 0.800. The van der Waals surface area contributed by atoms with Gasteiger partial charge < -0.3 is 14.5 Å². The summed E-state index contributed by atoms with van der Waals surface area (Å²) in [6.07, 6.45) is 1.56. The summed E-state index contributed by atoms with van der Waals surface area (Å²) in [5.74, 6) is 1.66. The summed E-state index contributed by atoms with van der Waals surface area (Å²) in [6, 6.07) is 0. The van der Waals surface area contributed by atoms with Crippen LogP contribution >= 0.6 is 0 Å². The van der Waals surface area contributed by atoms with E-state index in [1.54, 1.807) is 26.1 Å². The van der Waals surface area contributed by atoms with Gasteiger partial charge in [0.25, 0.3) is 0 Å². The van der Waals surface area contributed by atoms with Crippen LogP contribution in [0.1, 0.15) is 34.6 Å². The summed E-state index contributed by atoms with van der Waals surface area (Å²) in [5, 5.41) is 9.75. The molecule has 14 heavy (non-hydrogen) atoms. The zero-order valence-electron chi connectivity index (χ0n) is 9.70. The van der Waals surface area contributed by atoms with Crippen molar-refractivity contribution in [3.8, 4) is 0 Å². The molecule has 0 rings (SSSR count). The van der Waals surface area contributed by atoms with Crippen molar-refractivity contribution < 1.29 is 14.5 Å². The Morgan fingerprint density at radius 3 is 2.29 bits per heavy atom. The molecule has 0 saturated carbocycles. The Balaban J connectivity index is 3.89. The molecule has 0 fully saturated rings. The molecule has 0 aliphatic heterocycles. The second kappa shape index (κ2) is 5.42. The maximum atomic E-state index is 9.75. The minimum Gasteiger partial charge on any atom is -0.503 e. The van der Waals surface area contributed by atoms with E-state index in [0.717, 1.165) is 0 Å². The van der Waals surface area contributed by atoms with Crippen molar-refractivity contribution in [1.29, 1.82) is 0 Å². The van der Waals surface area contributed by atoms with Crippen molar-refractivity contribution in [2.75, 3.05) is 6.61 Å². The van der Waals surface area contributed by atoms with E-state index in [1.807, 2.05) is 20.8 Å². The monoisotopic (exact) mass is 199 g/mol. The smallest absolute Gasteiger partial charge is 0.326 e. The highest BCUT2D eigenvalue weighted by molar-refractivity contribution is 6.34. The molecule has 0 spiro atoms. The molecule has 0 heterocycles. The molecule has 0 aromatic rings. The van der Waals surface area contributed by atoms with E-state index in [-0.39, 0.29) is 0 Å². The van der Waals surface area contributed by atoms with Crippen LogP contribution in [0, 0.1) is 0 Å². The highest BCUT2D eigenvalue weighted by atomic mass is 16.5. The molecular weight excluding hydrogens is 179 g/mol. The lowest BCUT2D eigenvalue weighted by atomic mass is 9.86. The summed E-state index contributed by atoms with van der Waals surface area (Å²) in [4.78, 5) is 0. The predicted octanol–water partition coefficient (Wildman–Crippen LogP) is 1.68. The molecule has 0 amide bonds. The normalized spacial score (nSPS) is 13.3. The highest BCUT2D eigenvalue weighted by Gasteiger charge is 2.35. The maximum absolute atomic E-state index is 9.75. The van der Waals surface area contributed by atoms with Gasteiger partial charge in [-0.15, -0.1) is 0 Å². The maximum Gasteiger partial charge on any atom is 0.326 e. The highest BCUT2D eigenvalue weighted by Crippen LogP contribution is 2.24. The molecule has 1 N–H and O–H groups in total. The van der Waals surface area contributed by atoms with Crippen LogP contribution in [-0.4, -0.2) is 30.4 Å². The molecular formula is C10H20BO3. The van der Waals surface area contributed by atoms with Gasteiger partial charge in [0.2, 0.25) is 0 Å². The van der Waals surface area contributed by atoms with E-state index in [2.05, 4.69) is 0 Å². The van der Waals surface area contributed by atoms with E-state index < -0.39 is 11.2 Å². The summed E-state index contributed by atoms with van der Waals surface area (Å²) in [6.45, 7) is 9.64. The van der Waals surface area contributed by atoms with Crippen LogP contribution in [0.2, 0.25) is 0 Å². The first-order valence-corrected chi connectivity index (χ1v) is 4.81. The van der Waals surface area contributed by atoms with Gasteiger partial charge in [0.05, 0.1) is 24.1 Å². The summed E-state index contributed by atoms with van der Waals surface area (Å²) < 4.78 is 10.4. The second-order valence-corrected chi connectivity index (χ2v) is 4.11. The van der Waals surface area contributed by atoms with Crippen LogP contribution in [0.5, 0.6) is 0 Å². The number of ether oxygens (including phenoxy) is 1. The Hall–Kier alpha value is -0.475. The molecule has 0 aromatic heterocycles. The van der Waals surface area contributed by atoms with Gasteiger partial charge in [-0.25, -0.2) is 0 Å². The van der Waals surface area contributed by atoms with Crippen LogP contribution in [0.4, 0.5) is 0 Å². The third-order valence-corrected chi connectivity index (χ3v) is 2.26. The Bertz CT molecular complexity index is 182. The molecule has 0 aliphatic rings. The van der Waals surface area contributed by atoms with Crippen molar-refractivity contribution >= 4 is 7.48 Å². The first kappa shape index (κ1) is 13.5. The molecule has 0 unspecified atom stereocenters. The summed E-state index contributed by atoms with van der Waals surface area (Å²) >= 11 is 0. The standard InChI is InChI=1S/C10H20BO3/c1-6-13-8-7-11-14-10(4,5)9(2,3)12/h7-8,12H,6H2,1-5H3/b8-7-. The Morgan fingerprint density at radius 2 is 1.86 bits per heavy atom. The number of hydrogen-bond donors (Lipinski definition) is 1. The van der Waals surface area contributed by atoms with Crippen LogP contribution in [0.15, 0.2) is 12.2 Å². The lowest BCUT2D eigenvalue weighted by Crippen LogP contribution is -2.47. The average molecular weight is 199 g/mol. The van der Waals surface area contributed by atoms with Gasteiger partial charge in [-0.2, -0.15) is 0 Å². The Kier molecular flexibility index (Phi) is 5.23. The molecule has 0 saturated heterocycles. The van der Waals surface area contributed by atoms with Gasteiger partial charge in [0.1, 0.15) is 0 Å². The van der Waals surface area contributed by atoms with Gasteiger partial charge in [-0.3, -0.25) is 0 Å². The zero-order chi connectivity index (χ0) is 11.2. The third kappa shape index (κ3) is 4.68. The quantitative estimate of drug-likeness (QED) is 0.522. The van der Waals surface area contributed by atoms with Crippen molar-refractivity contribution in [3.05, 3.63) is 12.2 Å². The minimum absolute atomic E-state index is 0.621. The molecule has 4 heteroatoms. The van der Waals surface area contributed by atoms with Gasteiger partial charge >= 0.3 is 7.48 Å². The summed E-state index contributed by atoms with van der Waals surface area (Å²) in [7, 11) is 1.52. The van der Waals surface area contributed by atoms with Gasteiger partial charge in [0.15, 0.2) is 0 Å². The molecule has 0 aromatic carbocycles. The van der Waals surface area contributed by atoms with E-state index in [4.69, 9.17) is 9.39 Å². The van der Waals surface area contributed by atoms with E-state index >= 15 is 0 Å². The lowest BCUT2D eigenvalue weighted by molar-refractivity contribution is -0.0894. The van der Waals surface area contributed by atoms with Gasteiger partial charge in [0, 0.05) is 0 Å². The first-order valence-electron chi connectivity index (χ1n) is 4.81. The fourth-order valence-corrected chi connectivity index (χ4v) is 0.537. The van der Waals surface area contributed by atoms with Gasteiger partial charge in [-0.1, -0.05) is 5.98 Å². The van der Waals surface area contributed by atoms with Crippen molar-refractivity contribution in [1.82, 2.24) is 0 Å². The molecule has 0 atom stereocenters. The van der Waals surface area contributed by atoms with Gasteiger partial charge in [-0.05, 0) is 34.6 Å². The van der Waals surface area contributed by atoms with Crippen LogP contribution in [0.25, 0.3) is 0 Å². The van der Waals surface area contributed by atoms with E-state index in [0.29, 0.717) is 6.61 Å². The molecule has 81 valence electrons. The third-order valence-electron chi connectivity index (χ3n) is 2.26. The molecule has 0 aliphatic carbocycles. The van der Waals surface area contributed by atoms with Crippen LogP contribution < -0.4 is 0 Å². The number of hydrogen-bond acceptors (Lipinski definition) is 3. The second-order valence-electron chi connectivity index (χ2n) is 4.11. The Morgan fingerprint density at radius 1 is 1.29 bits per heavy atom. The molecule has 1 radical (unpaired) electrons. The largest absolute Gasteiger partial charge is 0.503 e. The van der Waals surface area contributed by atoms with Crippen molar-refractivity contribution in [2.24, 2.45) is 0 Å². The van der Waals surface area contributed by atoms with Crippen LogP contribution in [-0.2, 0) is 9.39 Å². The van der Waals surface area contributed by atoms with Crippen molar-refractivity contribution in [2.45, 2.75) is 45.8 Å². The Labute approximate surface area is 87.4 Å². The number of aliphatic hydroxyl groups is 1. The molecule has 3 nitrogen and oxygen atoms in total.